The molecule has 0 aliphatic heterocycles. The molecule has 0 aromatic heterocycles. The van der Waals surface area contributed by atoms with Crippen molar-refractivity contribution in [3.05, 3.63) is 0 Å². The molecule has 104 valence electrons. The molecule has 0 bridgehead atoms. The van der Waals surface area contributed by atoms with Crippen LogP contribution >= 0.6 is 11.6 Å². The van der Waals surface area contributed by atoms with E-state index in [2.05, 4.69) is 0 Å². The highest BCUT2D eigenvalue weighted by Crippen LogP contribution is 2.25. The van der Waals surface area contributed by atoms with E-state index in [1.165, 1.54) is 0 Å². The minimum Gasteiger partial charge on any atom is -0.444 e. The molecule has 1 rings (SSSR count). The van der Waals surface area contributed by atoms with E-state index in [9.17, 15) is 9.59 Å². The zero-order valence-corrected chi connectivity index (χ0v) is 12.1. The smallest absolute Gasteiger partial charge is 0.410 e. The molecule has 0 saturated heterocycles. The maximum absolute atomic E-state index is 12.1. The fourth-order valence-electron chi connectivity index (χ4n) is 2.11. The van der Waals surface area contributed by atoms with Crippen molar-refractivity contribution < 1.29 is 14.3 Å². The topological polar surface area (TPSA) is 46.6 Å². The van der Waals surface area contributed by atoms with Gasteiger partial charge in [-0.25, -0.2) is 4.79 Å². The minimum absolute atomic E-state index is 0.0586. The lowest BCUT2D eigenvalue weighted by molar-refractivity contribution is -0.118. The molecule has 1 aliphatic carbocycles. The van der Waals surface area contributed by atoms with E-state index in [0.717, 1.165) is 25.7 Å². The van der Waals surface area contributed by atoms with Gasteiger partial charge >= 0.3 is 6.09 Å². The summed E-state index contributed by atoms with van der Waals surface area (Å²) in [6.45, 7) is 5.52. The molecular weight excluding hydrogens is 254 g/mol. The monoisotopic (exact) mass is 275 g/mol. The van der Waals surface area contributed by atoms with E-state index in [0.29, 0.717) is 0 Å². The number of nitrogens with zero attached hydrogens (tertiary/aromatic N) is 1. The van der Waals surface area contributed by atoms with Crippen LogP contribution in [0.5, 0.6) is 0 Å². The van der Waals surface area contributed by atoms with E-state index in [1.807, 2.05) is 20.8 Å². The Morgan fingerprint density at radius 2 is 1.83 bits per heavy atom. The molecule has 0 aromatic rings. The van der Waals surface area contributed by atoms with Gasteiger partial charge in [0.25, 0.3) is 0 Å². The third-order valence-corrected chi connectivity index (χ3v) is 3.19. The van der Waals surface area contributed by atoms with E-state index in [1.54, 1.807) is 4.90 Å². The van der Waals surface area contributed by atoms with Gasteiger partial charge in [-0.3, -0.25) is 9.69 Å². The van der Waals surface area contributed by atoms with Crippen molar-refractivity contribution in [2.75, 3.05) is 12.4 Å². The van der Waals surface area contributed by atoms with Gasteiger partial charge in [0, 0.05) is 6.04 Å². The Balaban J connectivity index is 2.69. The Kier molecular flexibility index (Phi) is 5.45. The highest BCUT2D eigenvalue weighted by atomic mass is 35.5. The van der Waals surface area contributed by atoms with Crippen molar-refractivity contribution >= 4 is 23.5 Å². The van der Waals surface area contributed by atoms with Crippen molar-refractivity contribution in [3.8, 4) is 0 Å². The summed E-state index contributed by atoms with van der Waals surface area (Å²) in [6.07, 6.45) is 3.66. The first kappa shape index (κ1) is 15.3. The van der Waals surface area contributed by atoms with Crippen LogP contribution in [0.1, 0.15) is 46.5 Å². The van der Waals surface area contributed by atoms with Crippen molar-refractivity contribution in [2.45, 2.75) is 58.1 Å². The summed E-state index contributed by atoms with van der Waals surface area (Å²) in [5, 5.41) is 0. The minimum atomic E-state index is -0.544. The lowest BCUT2D eigenvalue weighted by Crippen LogP contribution is -2.45. The predicted octanol–water partition coefficient (Wildman–Crippen LogP) is 2.97. The summed E-state index contributed by atoms with van der Waals surface area (Å²) in [4.78, 5) is 25.1. The number of hydrogen-bond acceptors (Lipinski definition) is 3. The van der Waals surface area contributed by atoms with Gasteiger partial charge in [0.15, 0.2) is 5.78 Å². The second-order valence-corrected chi connectivity index (χ2v) is 5.99. The van der Waals surface area contributed by atoms with E-state index < -0.39 is 11.7 Å². The summed E-state index contributed by atoms with van der Waals surface area (Å²) in [5.41, 5.74) is -0.544. The molecule has 1 aliphatic rings. The average molecular weight is 276 g/mol. The fraction of sp³-hybridized carbons (Fsp3) is 0.846. The van der Waals surface area contributed by atoms with Gasteiger partial charge in [0.1, 0.15) is 5.60 Å². The number of amides is 1. The summed E-state index contributed by atoms with van der Waals surface area (Å²) < 4.78 is 5.35. The van der Waals surface area contributed by atoms with Crippen LogP contribution in [0.3, 0.4) is 0 Å². The van der Waals surface area contributed by atoms with Gasteiger partial charge < -0.3 is 4.74 Å². The van der Waals surface area contributed by atoms with Crippen LogP contribution in [0.4, 0.5) is 4.79 Å². The second kappa shape index (κ2) is 6.41. The standard InChI is InChI=1S/C13H22ClNO3/c1-13(2,3)18-12(17)15(9-11(16)8-14)10-6-4-5-7-10/h10H,4-9H2,1-3H3. The number of ether oxygens (including phenoxy) is 1. The zero-order valence-electron chi connectivity index (χ0n) is 11.4. The average Bonchev–Trinajstić information content (AvgIpc) is 2.75. The van der Waals surface area contributed by atoms with Gasteiger partial charge in [-0.05, 0) is 33.6 Å². The van der Waals surface area contributed by atoms with Gasteiger partial charge in [-0.2, -0.15) is 0 Å². The number of carbonyl (C=O) groups excluding carboxylic acids is 2. The highest BCUT2D eigenvalue weighted by Gasteiger charge is 2.31. The lowest BCUT2D eigenvalue weighted by Gasteiger charge is -2.31. The second-order valence-electron chi connectivity index (χ2n) is 5.72. The van der Waals surface area contributed by atoms with Crippen molar-refractivity contribution in [2.24, 2.45) is 0 Å². The molecule has 0 spiro atoms. The summed E-state index contributed by atoms with van der Waals surface area (Å²) in [6, 6.07) is 0.118. The lowest BCUT2D eigenvalue weighted by atomic mass is 10.2. The molecule has 0 heterocycles. The molecular formula is C13H22ClNO3. The normalized spacial score (nSPS) is 16.7. The highest BCUT2D eigenvalue weighted by molar-refractivity contribution is 6.28. The van der Waals surface area contributed by atoms with E-state index in [-0.39, 0.29) is 24.2 Å². The van der Waals surface area contributed by atoms with Gasteiger partial charge in [0.05, 0.1) is 12.4 Å². The largest absolute Gasteiger partial charge is 0.444 e. The first-order valence-corrected chi connectivity index (χ1v) is 6.94. The number of Topliss-reactive ketones (excluding diaryl/α,β-unsaturated/α-hetero) is 1. The molecule has 0 radical (unpaired) electrons. The molecule has 1 amide bonds. The van der Waals surface area contributed by atoms with Crippen LogP contribution in [0.15, 0.2) is 0 Å². The number of halogens is 1. The Labute approximate surface area is 114 Å². The summed E-state index contributed by atoms with van der Waals surface area (Å²) in [7, 11) is 0. The Morgan fingerprint density at radius 1 is 1.28 bits per heavy atom. The molecule has 0 atom stereocenters. The van der Waals surface area contributed by atoms with Crippen LogP contribution < -0.4 is 0 Å². The third-order valence-electron chi connectivity index (χ3n) is 2.89. The molecule has 1 fully saturated rings. The number of hydrogen-bond donors (Lipinski definition) is 0. The summed E-state index contributed by atoms with van der Waals surface area (Å²) >= 11 is 5.51. The van der Waals surface area contributed by atoms with Crippen molar-refractivity contribution in [1.82, 2.24) is 4.90 Å². The van der Waals surface area contributed by atoms with Crippen LogP contribution in [-0.4, -0.2) is 40.8 Å². The quantitative estimate of drug-likeness (QED) is 0.741. The van der Waals surface area contributed by atoms with Crippen LogP contribution in [-0.2, 0) is 9.53 Å². The van der Waals surface area contributed by atoms with E-state index in [4.69, 9.17) is 16.3 Å². The van der Waals surface area contributed by atoms with Gasteiger partial charge in [0.2, 0.25) is 0 Å². The van der Waals surface area contributed by atoms with Crippen LogP contribution in [0, 0.1) is 0 Å². The maximum atomic E-state index is 12.1. The number of rotatable bonds is 4. The van der Waals surface area contributed by atoms with Gasteiger partial charge in [-0.15, -0.1) is 11.6 Å². The van der Waals surface area contributed by atoms with Crippen LogP contribution in [0.2, 0.25) is 0 Å². The number of ketones is 1. The molecule has 0 unspecified atom stereocenters. The van der Waals surface area contributed by atoms with Crippen molar-refractivity contribution in [3.63, 3.8) is 0 Å². The predicted molar refractivity (Wildman–Crippen MR) is 70.9 cm³/mol. The Bertz CT molecular complexity index is 306. The maximum Gasteiger partial charge on any atom is 0.410 e. The molecule has 0 N–H and O–H groups in total. The first-order chi connectivity index (χ1) is 8.33. The SMILES string of the molecule is CC(C)(C)OC(=O)N(CC(=O)CCl)C1CCCC1. The number of alkyl halides is 1. The fourth-order valence-corrected chi connectivity index (χ4v) is 2.20. The first-order valence-electron chi connectivity index (χ1n) is 6.41. The molecule has 5 heteroatoms. The van der Waals surface area contributed by atoms with Gasteiger partial charge in [-0.1, -0.05) is 12.8 Å². The number of carbonyl (C=O) groups is 2. The Morgan fingerprint density at radius 3 is 2.28 bits per heavy atom. The zero-order chi connectivity index (χ0) is 13.8. The molecule has 0 aromatic carbocycles. The van der Waals surface area contributed by atoms with Crippen molar-refractivity contribution in [1.29, 1.82) is 0 Å². The van der Waals surface area contributed by atoms with Crippen LogP contribution in [0.25, 0.3) is 0 Å². The third kappa shape index (κ3) is 4.84. The Hall–Kier alpha value is -0.770. The van der Waals surface area contributed by atoms with E-state index >= 15 is 0 Å². The molecule has 18 heavy (non-hydrogen) atoms. The molecule has 1 saturated carbocycles. The summed E-state index contributed by atoms with van der Waals surface area (Å²) in [5.74, 6) is -0.208. The molecule has 4 nitrogen and oxygen atoms in total.